The number of nitrogens with one attached hydrogen (secondary N) is 1. The van der Waals surface area contributed by atoms with Gasteiger partial charge in [0, 0.05) is 6.20 Å². The van der Waals surface area contributed by atoms with E-state index in [1.165, 1.54) is 4.40 Å². The van der Waals surface area contributed by atoms with E-state index in [0.29, 0.717) is 18.0 Å². The van der Waals surface area contributed by atoms with E-state index in [0.717, 1.165) is 0 Å². The molecule has 1 N–H and O–H groups in total. The van der Waals surface area contributed by atoms with Gasteiger partial charge < -0.3 is 4.74 Å². The molecule has 0 spiro atoms. The lowest BCUT2D eigenvalue weighted by Crippen LogP contribution is -2.08. The SMILES string of the molecule is CCOc1cccn2c(=O)[nH]nc12. The molecule has 2 aromatic rings. The fraction of sp³-hybridized carbons (Fsp3) is 0.250. The molecule has 0 aliphatic carbocycles. The molecule has 68 valence electrons. The summed E-state index contributed by atoms with van der Waals surface area (Å²) in [5.74, 6) is 0.614. The molecule has 0 aliphatic heterocycles. The molecule has 13 heavy (non-hydrogen) atoms. The van der Waals surface area contributed by atoms with E-state index in [9.17, 15) is 4.79 Å². The molecule has 0 saturated carbocycles. The van der Waals surface area contributed by atoms with Gasteiger partial charge in [0.25, 0.3) is 0 Å². The van der Waals surface area contributed by atoms with E-state index >= 15 is 0 Å². The Morgan fingerprint density at radius 3 is 3.31 bits per heavy atom. The summed E-state index contributed by atoms with van der Waals surface area (Å²) in [6, 6.07) is 3.52. The molecule has 0 aromatic carbocycles. The number of aromatic amines is 1. The molecular formula is C8H9N3O2. The molecule has 5 heteroatoms. The monoisotopic (exact) mass is 179 g/mol. The quantitative estimate of drug-likeness (QED) is 0.726. The van der Waals surface area contributed by atoms with Gasteiger partial charge in [-0.1, -0.05) is 0 Å². The van der Waals surface area contributed by atoms with Crippen LogP contribution in [-0.4, -0.2) is 21.2 Å². The molecule has 0 unspecified atom stereocenters. The fourth-order valence-electron chi connectivity index (χ4n) is 1.18. The lowest BCUT2D eigenvalue weighted by atomic mass is 10.4. The molecule has 2 rings (SSSR count). The summed E-state index contributed by atoms with van der Waals surface area (Å²) in [4.78, 5) is 11.1. The Kier molecular flexibility index (Phi) is 1.77. The van der Waals surface area contributed by atoms with E-state index in [-0.39, 0.29) is 5.69 Å². The molecule has 2 aromatic heterocycles. The summed E-state index contributed by atoms with van der Waals surface area (Å²) in [5.41, 5.74) is 0.269. The fourth-order valence-corrected chi connectivity index (χ4v) is 1.18. The van der Waals surface area contributed by atoms with Gasteiger partial charge in [-0.25, -0.2) is 14.3 Å². The van der Waals surface area contributed by atoms with Crippen LogP contribution in [0.2, 0.25) is 0 Å². The predicted molar refractivity (Wildman–Crippen MR) is 47.0 cm³/mol. The van der Waals surface area contributed by atoms with Gasteiger partial charge in [-0.15, -0.1) is 5.10 Å². The highest BCUT2D eigenvalue weighted by Crippen LogP contribution is 2.14. The average Bonchev–Trinajstić information content (AvgIpc) is 2.50. The third-order valence-corrected chi connectivity index (χ3v) is 1.71. The van der Waals surface area contributed by atoms with Gasteiger partial charge in [-0.05, 0) is 19.1 Å². The van der Waals surface area contributed by atoms with E-state index < -0.39 is 0 Å². The van der Waals surface area contributed by atoms with Crippen LogP contribution < -0.4 is 10.4 Å². The van der Waals surface area contributed by atoms with Crippen LogP contribution in [0.5, 0.6) is 5.75 Å². The van der Waals surface area contributed by atoms with Gasteiger partial charge in [0.2, 0.25) is 5.65 Å². The maximum Gasteiger partial charge on any atom is 0.347 e. The van der Waals surface area contributed by atoms with Gasteiger partial charge in [-0.2, -0.15) is 0 Å². The normalized spacial score (nSPS) is 10.5. The molecule has 0 amide bonds. The van der Waals surface area contributed by atoms with E-state index in [1.807, 2.05) is 6.92 Å². The molecule has 0 atom stereocenters. The number of fused-ring (bicyclic) bond motifs is 1. The number of nitrogens with zero attached hydrogens (tertiary/aromatic N) is 2. The zero-order valence-electron chi connectivity index (χ0n) is 7.15. The van der Waals surface area contributed by atoms with Crippen molar-refractivity contribution in [1.29, 1.82) is 0 Å². The van der Waals surface area contributed by atoms with Crippen molar-refractivity contribution in [2.45, 2.75) is 6.92 Å². The van der Waals surface area contributed by atoms with E-state index in [1.54, 1.807) is 18.3 Å². The van der Waals surface area contributed by atoms with Crippen LogP contribution in [0.25, 0.3) is 5.65 Å². The number of aromatic nitrogens is 3. The summed E-state index contributed by atoms with van der Waals surface area (Å²) in [5, 5.41) is 6.19. The van der Waals surface area contributed by atoms with E-state index in [4.69, 9.17) is 4.74 Å². The molecule has 2 heterocycles. The van der Waals surface area contributed by atoms with Gasteiger partial charge in [0.15, 0.2) is 5.75 Å². The maximum atomic E-state index is 11.1. The predicted octanol–water partition coefficient (Wildman–Crippen LogP) is 0.421. The minimum Gasteiger partial charge on any atom is -0.490 e. The molecule has 5 nitrogen and oxygen atoms in total. The lowest BCUT2D eigenvalue weighted by molar-refractivity contribution is 0.342. The third kappa shape index (κ3) is 1.18. The highest BCUT2D eigenvalue weighted by Gasteiger charge is 2.04. The van der Waals surface area contributed by atoms with Crippen molar-refractivity contribution in [3.63, 3.8) is 0 Å². The standard InChI is InChI=1S/C8H9N3O2/c1-2-13-6-4-3-5-11-7(6)9-10-8(11)12/h3-5H,2H2,1H3,(H,10,12). The van der Waals surface area contributed by atoms with Crippen molar-refractivity contribution in [1.82, 2.24) is 14.6 Å². The van der Waals surface area contributed by atoms with Crippen molar-refractivity contribution in [2.24, 2.45) is 0 Å². The smallest absolute Gasteiger partial charge is 0.347 e. The van der Waals surface area contributed by atoms with Crippen molar-refractivity contribution in [2.75, 3.05) is 6.61 Å². The minimum absolute atomic E-state index is 0.253. The van der Waals surface area contributed by atoms with Crippen LogP contribution in [0.4, 0.5) is 0 Å². The molecule has 0 aliphatic rings. The van der Waals surface area contributed by atoms with Crippen LogP contribution in [0, 0.1) is 0 Å². The molecule has 0 bridgehead atoms. The Morgan fingerprint density at radius 2 is 2.54 bits per heavy atom. The first-order valence-electron chi connectivity index (χ1n) is 4.01. The highest BCUT2D eigenvalue weighted by molar-refractivity contribution is 5.52. The van der Waals surface area contributed by atoms with E-state index in [2.05, 4.69) is 10.2 Å². The second kappa shape index (κ2) is 2.93. The van der Waals surface area contributed by atoms with Gasteiger partial charge in [0.05, 0.1) is 6.61 Å². The molecule has 0 fully saturated rings. The second-order valence-corrected chi connectivity index (χ2v) is 2.53. The van der Waals surface area contributed by atoms with Crippen LogP contribution in [0.15, 0.2) is 23.1 Å². The Morgan fingerprint density at radius 1 is 1.69 bits per heavy atom. The largest absolute Gasteiger partial charge is 0.490 e. The summed E-state index contributed by atoms with van der Waals surface area (Å²) >= 11 is 0. The van der Waals surface area contributed by atoms with Crippen LogP contribution in [-0.2, 0) is 0 Å². The summed E-state index contributed by atoms with van der Waals surface area (Å²) < 4.78 is 6.70. The zero-order chi connectivity index (χ0) is 9.26. The first-order chi connectivity index (χ1) is 6.33. The number of hydrogen-bond acceptors (Lipinski definition) is 3. The number of hydrogen-bond donors (Lipinski definition) is 1. The van der Waals surface area contributed by atoms with Crippen molar-refractivity contribution >= 4 is 5.65 Å². The number of ether oxygens (including phenoxy) is 1. The Balaban J connectivity index is 2.69. The summed E-state index contributed by atoms with van der Waals surface area (Å²) in [6.45, 7) is 2.44. The number of rotatable bonds is 2. The first kappa shape index (κ1) is 7.85. The van der Waals surface area contributed by atoms with Gasteiger partial charge >= 0.3 is 5.69 Å². The summed E-state index contributed by atoms with van der Waals surface area (Å²) in [7, 11) is 0. The number of pyridine rings is 1. The molecular weight excluding hydrogens is 170 g/mol. The topological polar surface area (TPSA) is 59.4 Å². The highest BCUT2D eigenvalue weighted by atomic mass is 16.5. The Bertz CT molecular complexity index is 471. The Labute approximate surface area is 74.0 Å². The van der Waals surface area contributed by atoms with Crippen LogP contribution in [0.1, 0.15) is 6.92 Å². The van der Waals surface area contributed by atoms with Crippen LogP contribution in [0.3, 0.4) is 0 Å². The second-order valence-electron chi connectivity index (χ2n) is 2.53. The lowest BCUT2D eigenvalue weighted by Gasteiger charge is -2.01. The van der Waals surface area contributed by atoms with Gasteiger partial charge in [0.1, 0.15) is 0 Å². The van der Waals surface area contributed by atoms with Crippen molar-refractivity contribution < 1.29 is 4.74 Å². The molecule has 0 radical (unpaired) electrons. The molecule has 0 saturated heterocycles. The average molecular weight is 179 g/mol. The minimum atomic E-state index is -0.253. The number of H-pyrrole nitrogens is 1. The zero-order valence-corrected chi connectivity index (χ0v) is 7.15. The Hall–Kier alpha value is -1.78. The van der Waals surface area contributed by atoms with Gasteiger partial charge in [-0.3, -0.25) is 0 Å². The van der Waals surface area contributed by atoms with Crippen molar-refractivity contribution in [3.8, 4) is 5.75 Å². The third-order valence-electron chi connectivity index (χ3n) is 1.71. The van der Waals surface area contributed by atoms with Crippen LogP contribution >= 0.6 is 0 Å². The summed E-state index contributed by atoms with van der Waals surface area (Å²) in [6.07, 6.45) is 1.64. The van der Waals surface area contributed by atoms with Crippen molar-refractivity contribution in [3.05, 3.63) is 28.8 Å². The first-order valence-corrected chi connectivity index (χ1v) is 4.01. The maximum absolute atomic E-state index is 11.1.